The molecular formula is C10H10N2O4. The Bertz CT molecular complexity index is 360. The van der Waals surface area contributed by atoms with Crippen molar-refractivity contribution in [3.63, 3.8) is 0 Å². The highest BCUT2D eigenvalue weighted by Gasteiger charge is 2.23. The van der Waals surface area contributed by atoms with Crippen LogP contribution in [-0.2, 0) is 19.1 Å². The number of carbonyl (C=O) groups is 2. The van der Waals surface area contributed by atoms with Gasteiger partial charge in [-0.3, -0.25) is 4.79 Å². The lowest BCUT2D eigenvalue weighted by Crippen LogP contribution is -2.14. The van der Waals surface area contributed by atoms with E-state index in [0.717, 1.165) is 0 Å². The van der Waals surface area contributed by atoms with Gasteiger partial charge < -0.3 is 9.47 Å². The van der Waals surface area contributed by atoms with E-state index >= 15 is 0 Å². The molecule has 0 radical (unpaired) electrons. The molecule has 84 valence electrons. The van der Waals surface area contributed by atoms with Gasteiger partial charge in [0.2, 0.25) is 0 Å². The van der Waals surface area contributed by atoms with Crippen LogP contribution in [0.5, 0.6) is 0 Å². The van der Waals surface area contributed by atoms with E-state index in [2.05, 4.69) is 14.3 Å². The molecule has 0 fully saturated rings. The van der Waals surface area contributed by atoms with Crippen LogP contribution in [0.4, 0.5) is 0 Å². The van der Waals surface area contributed by atoms with Gasteiger partial charge in [-0.15, -0.1) is 0 Å². The molecule has 0 aliphatic heterocycles. The zero-order valence-electron chi connectivity index (χ0n) is 8.94. The van der Waals surface area contributed by atoms with Gasteiger partial charge in [-0.2, -0.15) is 5.26 Å². The molecule has 0 spiro atoms. The van der Waals surface area contributed by atoms with E-state index in [9.17, 15) is 9.59 Å². The molecular weight excluding hydrogens is 212 g/mol. The van der Waals surface area contributed by atoms with Gasteiger partial charge in [0, 0.05) is 0 Å². The van der Waals surface area contributed by atoms with Crippen molar-refractivity contribution in [1.82, 2.24) is 0 Å². The van der Waals surface area contributed by atoms with Gasteiger partial charge in [-0.05, 0) is 13.8 Å². The minimum absolute atomic E-state index is 0.0537. The van der Waals surface area contributed by atoms with Crippen LogP contribution in [0.15, 0.2) is 11.3 Å². The average molecular weight is 222 g/mol. The van der Waals surface area contributed by atoms with Crippen molar-refractivity contribution in [2.75, 3.05) is 13.2 Å². The zero-order chi connectivity index (χ0) is 12.6. The third-order valence-electron chi connectivity index (χ3n) is 1.41. The summed E-state index contributed by atoms with van der Waals surface area (Å²) >= 11 is 0. The number of hydrogen-bond donors (Lipinski definition) is 0. The molecule has 0 bridgehead atoms. The largest absolute Gasteiger partial charge is 0.471 e. The number of nitrogens with zero attached hydrogens (tertiary/aromatic N) is 2. The molecule has 0 unspecified atom stereocenters. The van der Waals surface area contributed by atoms with Crippen molar-refractivity contribution >= 4 is 11.9 Å². The first-order valence-corrected chi connectivity index (χ1v) is 4.48. The maximum Gasteiger partial charge on any atom is 0.338 e. The number of hydrogen-bond acceptors (Lipinski definition) is 5. The lowest BCUT2D eigenvalue weighted by atomic mass is 10.2. The summed E-state index contributed by atoms with van der Waals surface area (Å²) in [6, 6.07) is 1.47. The van der Waals surface area contributed by atoms with Crippen LogP contribution in [0.25, 0.3) is 4.85 Å². The van der Waals surface area contributed by atoms with Crippen molar-refractivity contribution < 1.29 is 19.1 Å². The summed E-state index contributed by atoms with van der Waals surface area (Å²) in [5.74, 6) is -1.99. The molecule has 0 aromatic heterocycles. The average Bonchev–Trinajstić information content (AvgIpc) is 2.25. The van der Waals surface area contributed by atoms with E-state index in [1.165, 1.54) is 6.07 Å². The number of esters is 2. The molecule has 0 atom stereocenters. The van der Waals surface area contributed by atoms with Crippen LogP contribution >= 0.6 is 0 Å². The first-order chi connectivity index (χ1) is 7.62. The van der Waals surface area contributed by atoms with Crippen molar-refractivity contribution in [3.05, 3.63) is 22.7 Å². The molecule has 6 heteroatoms. The topological polar surface area (TPSA) is 80.8 Å². The molecule has 0 rings (SSSR count). The third kappa shape index (κ3) is 3.43. The van der Waals surface area contributed by atoms with E-state index in [1.54, 1.807) is 13.8 Å². The zero-order valence-corrected chi connectivity index (χ0v) is 8.94. The lowest BCUT2D eigenvalue weighted by molar-refractivity contribution is -0.141. The van der Waals surface area contributed by atoms with E-state index in [0.29, 0.717) is 0 Å². The summed E-state index contributed by atoms with van der Waals surface area (Å²) in [4.78, 5) is 25.3. The highest BCUT2D eigenvalue weighted by atomic mass is 16.5. The van der Waals surface area contributed by atoms with Gasteiger partial charge in [0.05, 0.1) is 25.9 Å². The molecule has 0 amide bonds. The van der Waals surface area contributed by atoms with Gasteiger partial charge in [0.25, 0.3) is 5.70 Å². The molecule has 0 saturated heterocycles. The van der Waals surface area contributed by atoms with Gasteiger partial charge in [0.1, 0.15) is 0 Å². The van der Waals surface area contributed by atoms with Crippen LogP contribution in [0.2, 0.25) is 0 Å². The maximum atomic E-state index is 11.2. The summed E-state index contributed by atoms with van der Waals surface area (Å²) < 4.78 is 9.07. The van der Waals surface area contributed by atoms with Crippen molar-refractivity contribution in [2.45, 2.75) is 13.8 Å². The fourth-order valence-corrected chi connectivity index (χ4v) is 0.802. The number of rotatable bonds is 4. The number of nitriles is 1. The van der Waals surface area contributed by atoms with Crippen LogP contribution in [0.3, 0.4) is 0 Å². The van der Waals surface area contributed by atoms with E-state index < -0.39 is 23.2 Å². The lowest BCUT2D eigenvalue weighted by Gasteiger charge is -2.03. The second-order valence-electron chi connectivity index (χ2n) is 2.39. The third-order valence-corrected chi connectivity index (χ3v) is 1.41. The predicted octanol–water partition coefficient (Wildman–Crippen LogP) is 0.810. The van der Waals surface area contributed by atoms with Crippen molar-refractivity contribution in [2.24, 2.45) is 0 Å². The predicted molar refractivity (Wildman–Crippen MR) is 52.5 cm³/mol. The first kappa shape index (κ1) is 13.7. The van der Waals surface area contributed by atoms with Gasteiger partial charge >= 0.3 is 11.9 Å². The first-order valence-electron chi connectivity index (χ1n) is 4.48. The van der Waals surface area contributed by atoms with E-state index in [1.807, 2.05) is 0 Å². The Balaban J connectivity index is 5.26. The molecule has 0 saturated carbocycles. The monoisotopic (exact) mass is 222 g/mol. The van der Waals surface area contributed by atoms with Crippen molar-refractivity contribution in [1.29, 1.82) is 5.26 Å². The molecule has 0 aliphatic carbocycles. The summed E-state index contributed by atoms with van der Waals surface area (Å²) in [5, 5.41) is 8.68. The molecule has 0 N–H and O–H groups in total. The highest BCUT2D eigenvalue weighted by Crippen LogP contribution is 2.10. The SMILES string of the molecule is [C-]#[N+]C(C(=O)OCC)=C(C#N)C(=O)OCC. The molecule has 0 aromatic carbocycles. The van der Waals surface area contributed by atoms with E-state index in [-0.39, 0.29) is 13.2 Å². The smallest absolute Gasteiger partial charge is 0.338 e. The van der Waals surface area contributed by atoms with Crippen LogP contribution in [0, 0.1) is 17.9 Å². The van der Waals surface area contributed by atoms with Crippen LogP contribution in [-0.4, -0.2) is 25.2 Å². The Kier molecular flexibility index (Phi) is 5.99. The Labute approximate surface area is 92.9 Å². The minimum Gasteiger partial charge on any atom is -0.471 e. The second kappa shape index (κ2) is 7.02. The quantitative estimate of drug-likeness (QED) is 0.304. The Morgan fingerprint density at radius 1 is 1.25 bits per heavy atom. The molecule has 16 heavy (non-hydrogen) atoms. The number of carbonyl (C=O) groups excluding carboxylic acids is 2. The van der Waals surface area contributed by atoms with Crippen molar-refractivity contribution in [3.8, 4) is 6.07 Å². The Morgan fingerprint density at radius 2 is 1.75 bits per heavy atom. The number of ether oxygens (including phenoxy) is 2. The fraction of sp³-hybridized carbons (Fsp3) is 0.400. The van der Waals surface area contributed by atoms with Gasteiger partial charge in [0.15, 0.2) is 5.57 Å². The Hall–Kier alpha value is -2.34. The maximum absolute atomic E-state index is 11.2. The summed E-state index contributed by atoms with van der Waals surface area (Å²) in [7, 11) is 0. The fourth-order valence-electron chi connectivity index (χ4n) is 0.802. The Morgan fingerprint density at radius 3 is 2.12 bits per heavy atom. The van der Waals surface area contributed by atoms with Crippen LogP contribution in [0.1, 0.15) is 13.8 Å². The van der Waals surface area contributed by atoms with E-state index in [4.69, 9.17) is 11.8 Å². The summed E-state index contributed by atoms with van der Waals surface area (Å²) in [5.41, 5.74) is -1.28. The standard InChI is InChI=1S/C10H10N2O4/c1-4-15-9(13)7(6-11)8(12-3)10(14)16-5-2/h4-5H2,1-2H3. The minimum atomic E-state index is -0.998. The molecule has 0 aromatic rings. The van der Waals surface area contributed by atoms with Gasteiger partial charge in [-0.1, -0.05) is 0 Å². The highest BCUT2D eigenvalue weighted by molar-refractivity contribution is 6.04. The molecule has 6 nitrogen and oxygen atoms in total. The second-order valence-corrected chi connectivity index (χ2v) is 2.39. The van der Waals surface area contributed by atoms with Crippen LogP contribution < -0.4 is 0 Å². The summed E-state index contributed by atoms with van der Waals surface area (Å²) in [6.45, 7) is 9.95. The van der Waals surface area contributed by atoms with Gasteiger partial charge in [-0.25, -0.2) is 9.64 Å². The molecule has 0 heterocycles. The summed E-state index contributed by atoms with van der Waals surface area (Å²) in [6.07, 6.45) is 0. The molecule has 0 aliphatic rings. The normalized spacial score (nSPS) is 10.5.